The maximum atomic E-state index is 12.4. The van der Waals surface area contributed by atoms with Crippen LogP contribution in [0.15, 0.2) is 83.8 Å². The molecule has 186 valence electrons. The molecule has 0 saturated heterocycles. The molecule has 36 heavy (non-hydrogen) atoms. The topological polar surface area (TPSA) is 128 Å². The largest absolute Gasteiger partial charge is 0.495 e. The number of ether oxygens (including phenoxy) is 2. The van der Waals surface area contributed by atoms with Crippen molar-refractivity contribution < 1.29 is 32.3 Å². The van der Waals surface area contributed by atoms with E-state index in [0.29, 0.717) is 22.4 Å². The smallest absolute Gasteiger partial charge is 0.331 e. The Bertz CT molecular complexity index is 1380. The summed E-state index contributed by atoms with van der Waals surface area (Å²) in [6.45, 7) is -0.485. The van der Waals surface area contributed by atoms with Crippen LogP contribution < -0.4 is 14.8 Å². The van der Waals surface area contributed by atoms with E-state index in [1.165, 1.54) is 44.5 Å². The van der Waals surface area contributed by atoms with E-state index in [2.05, 4.69) is 10.0 Å². The Kier molecular flexibility index (Phi) is 8.71. The van der Waals surface area contributed by atoms with E-state index in [0.717, 1.165) is 6.08 Å². The number of anilines is 1. The predicted octanol–water partition coefficient (Wildman–Crippen LogP) is 3.29. The second-order valence-corrected chi connectivity index (χ2v) is 9.23. The van der Waals surface area contributed by atoms with Crippen LogP contribution in [0.3, 0.4) is 0 Å². The monoisotopic (exact) mass is 508 g/mol. The minimum atomic E-state index is -3.77. The minimum Gasteiger partial charge on any atom is -0.495 e. The summed E-state index contributed by atoms with van der Waals surface area (Å²) in [7, 11) is -1.14. The first kappa shape index (κ1) is 26.3. The number of benzene rings is 3. The molecule has 0 unspecified atom stereocenters. The van der Waals surface area contributed by atoms with E-state index in [9.17, 15) is 22.8 Å². The number of ketones is 1. The van der Waals surface area contributed by atoms with Crippen LogP contribution >= 0.6 is 0 Å². The van der Waals surface area contributed by atoms with Crippen LogP contribution in [0, 0.1) is 0 Å². The molecule has 1 amide bonds. The number of sulfonamides is 1. The molecule has 0 aliphatic heterocycles. The summed E-state index contributed by atoms with van der Waals surface area (Å²) < 4.78 is 36.6. The van der Waals surface area contributed by atoms with Gasteiger partial charge >= 0.3 is 5.97 Å². The molecule has 3 rings (SSSR count). The number of carbonyl (C=O) groups is 3. The van der Waals surface area contributed by atoms with E-state index < -0.39 is 28.4 Å². The summed E-state index contributed by atoms with van der Waals surface area (Å²) in [5.74, 6) is -1.32. The third kappa shape index (κ3) is 6.87. The Hall–Kier alpha value is -4.28. The van der Waals surface area contributed by atoms with Gasteiger partial charge in [0.05, 0.1) is 7.11 Å². The fraction of sp³-hybridized carbons (Fsp3) is 0.115. The third-order valence-corrected chi connectivity index (χ3v) is 6.44. The number of rotatable bonds is 10. The summed E-state index contributed by atoms with van der Waals surface area (Å²) in [5, 5.41) is 2.74. The van der Waals surface area contributed by atoms with Crippen LogP contribution in [0.25, 0.3) is 6.08 Å². The second kappa shape index (κ2) is 11.9. The Morgan fingerprint density at radius 1 is 0.917 bits per heavy atom. The average molecular weight is 509 g/mol. The number of nitrogens with one attached hydrogen (secondary N) is 2. The zero-order valence-electron chi connectivity index (χ0n) is 19.6. The molecule has 2 N–H and O–H groups in total. The summed E-state index contributed by atoms with van der Waals surface area (Å²) in [5.41, 5.74) is 1.74. The van der Waals surface area contributed by atoms with Crippen LogP contribution in [-0.2, 0) is 19.6 Å². The van der Waals surface area contributed by atoms with E-state index >= 15 is 0 Å². The maximum Gasteiger partial charge on any atom is 0.331 e. The molecule has 0 bridgehead atoms. The lowest BCUT2D eigenvalue weighted by molar-refractivity contribution is -0.136. The van der Waals surface area contributed by atoms with Gasteiger partial charge in [0.25, 0.3) is 5.91 Å². The summed E-state index contributed by atoms with van der Waals surface area (Å²) in [4.78, 5) is 36.5. The van der Waals surface area contributed by atoms with Crippen molar-refractivity contribution in [1.82, 2.24) is 4.72 Å². The van der Waals surface area contributed by atoms with Crippen LogP contribution in [-0.4, -0.2) is 46.8 Å². The van der Waals surface area contributed by atoms with E-state index in [4.69, 9.17) is 9.47 Å². The SMILES string of the molecule is CNS(=O)(=O)c1cc(/C=C/C(=O)OCC(=O)c2ccc(NC(=O)c3ccccc3)cc2)ccc1OC. The standard InChI is InChI=1S/C26H24N2O7S/c1-27-36(32,33)24-16-18(8-14-23(24)34-2)9-15-25(30)35-17-22(29)19-10-12-21(13-11-19)28-26(31)20-6-4-3-5-7-20/h3-16,27H,17H2,1-2H3,(H,28,31)/b15-9+. The highest BCUT2D eigenvalue weighted by Crippen LogP contribution is 2.25. The van der Waals surface area contributed by atoms with Gasteiger partial charge in [0.2, 0.25) is 10.0 Å². The zero-order valence-corrected chi connectivity index (χ0v) is 20.4. The first-order valence-corrected chi connectivity index (χ1v) is 12.2. The molecule has 9 nitrogen and oxygen atoms in total. The van der Waals surface area contributed by atoms with Crippen LogP contribution in [0.2, 0.25) is 0 Å². The molecule has 0 aliphatic rings. The van der Waals surface area contributed by atoms with Crippen molar-refractivity contribution in [3.8, 4) is 5.75 Å². The average Bonchev–Trinajstić information content (AvgIpc) is 2.91. The molecule has 0 spiro atoms. The van der Waals surface area contributed by atoms with Crippen molar-refractivity contribution in [2.24, 2.45) is 0 Å². The number of amides is 1. The molecule has 0 atom stereocenters. The molecule has 0 aromatic heterocycles. The molecule has 0 fully saturated rings. The first-order valence-electron chi connectivity index (χ1n) is 10.7. The van der Waals surface area contributed by atoms with Gasteiger partial charge in [-0.15, -0.1) is 0 Å². The van der Waals surface area contributed by atoms with E-state index in [-0.39, 0.29) is 16.6 Å². The van der Waals surface area contributed by atoms with E-state index in [1.54, 1.807) is 42.5 Å². The summed E-state index contributed by atoms with van der Waals surface area (Å²) in [6, 6.07) is 19.3. The minimum absolute atomic E-state index is 0.0819. The Balaban J connectivity index is 1.56. The lowest BCUT2D eigenvalue weighted by Crippen LogP contribution is -2.19. The molecular formula is C26H24N2O7S. The number of methoxy groups -OCH3 is 1. The van der Waals surface area contributed by atoms with Gasteiger partial charge in [-0.05, 0) is 67.2 Å². The Morgan fingerprint density at radius 2 is 1.61 bits per heavy atom. The van der Waals surface area contributed by atoms with Gasteiger partial charge in [0.1, 0.15) is 10.6 Å². The number of hydrogen-bond donors (Lipinski definition) is 2. The zero-order chi connectivity index (χ0) is 26.1. The van der Waals surface area contributed by atoms with Gasteiger partial charge in [-0.2, -0.15) is 0 Å². The highest BCUT2D eigenvalue weighted by Gasteiger charge is 2.18. The maximum absolute atomic E-state index is 12.4. The van der Waals surface area contributed by atoms with Crippen molar-refractivity contribution in [3.63, 3.8) is 0 Å². The molecule has 10 heteroatoms. The van der Waals surface area contributed by atoms with Crippen molar-refractivity contribution in [2.45, 2.75) is 4.90 Å². The first-order chi connectivity index (χ1) is 17.2. The highest BCUT2D eigenvalue weighted by atomic mass is 32.2. The van der Waals surface area contributed by atoms with Crippen molar-refractivity contribution in [1.29, 1.82) is 0 Å². The molecule has 0 heterocycles. The highest BCUT2D eigenvalue weighted by molar-refractivity contribution is 7.89. The van der Waals surface area contributed by atoms with Gasteiger partial charge in [-0.1, -0.05) is 24.3 Å². The van der Waals surface area contributed by atoms with Crippen molar-refractivity contribution >= 4 is 39.4 Å². The lowest BCUT2D eigenvalue weighted by atomic mass is 10.1. The molecular weight excluding hydrogens is 484 g/mol. The van der Waals surface area contributed by atoms with Gasteiger partial charge in [-0.3, -0.25) is 9.59 Å². The quantitative estimate of drug-likeness (QED) is 0.244. The number of Topliss-reactive ketones (excluding diaryl/α,β-unsaturated/α-hetero) is 1. The van der Waals surface area contributed by atoms with Crippen LogP contribution in [0.1, 0.15) is 26.3 Å². The molecule has 0 radical (unpaired) electrons. The lowest BCUT2D eigenvalue weighted by Gasteiger charge is -2.09. The number of hydrogen-bond acceptors (Lipinski definition) is 7. The molecule has 3 aromatic rings. The fourth-order valence-corrected chi connectivity index (χ4v) is 4.01. The van der Waals surface area contributed by atoms with Crippen molar-refractivity contribution in [2.75, 3.05) is 26.1 Å². The number of carbonyl (C=O) groups excluding carboxylic acids is 3. The molecule has 0 aliphatic carbocycles. The Labute approximate surface area is 208 Å². The predicted molar refractivity (Wildman–Crippen MR) is 134 cm³/mol. The normalized spacial score (nSPS) is 11.2. The molecule has 0 saturated carbocycles. The van der Waals surface area contributed by atoms with Crippen molar-refractivity contribution in [3.05, 3.63) is 95.6 Å². The van der Waals surface area contributed by atoms with Gasteiger partial charge in [-0.25, -0.2) is 17.9 Å². The Morgan fingerprint density at radius 3 is 2.25 bits per heavy atom. The van der Waals surface area contributed by atoms with Crippen LogP contribution in [0.5, 0.6) is 5.75 Å². The third-order valence-electron chi connectivity index (χ3n) is 5.00. The van der Waals surface area contributed by atoms with E-state index in [1.807, 2.05) is 6.07 Å². The summed E-state index contributed by atoms with van der Waals surface area (Å²) >= 11 is 0. The summed E-state index contributed by atoms with van der Waals surface area (Å²) in [6.07, 6.45) is 2.46. The molecule has 3 aromatic carbocycles. The van der Waals surface area contributed by atoms with Gasteiger partial charge in [0, 0.05) is 22.9 Å². The van der Waals surface area contributed by atoms with Crippen LogP contribution in [0.4, 0.5) is 5.69 Å². The number of esters is 1. The van der Waals surface area contributed by atoms with Gasteiger partial charge < -0.3 is 14.8 Å². The van der Waals surface area contributed by atoms with Gasteiger partial charge in [0.15, 0.2) is 12.4 Å². The second-order valence-electron chi connectivity index (χ2n) is 7.38. The fourth-order valence-electron chi connectivity index (χ4n) is 3.08.